The van der Waals surface area contributed by atoms with Crippen LogP contribution in [0.1, 0.15) is 45.2 Å². The fourth-order valence-corrected chi connectivity index (χ4v) is 3.60. The molecule has 0 radical (unpaired) electrons. The van der Waals surface area contributed by atoms with Crippen LogP contribution in [0.2, 0.25) is 0 Å². The molecule has 0 atom stereocenters. The first-order valence-corrected chi connectivity index (χ1v) is 10.4. The molecular formula is C21H36N4O3. The van der Waals surface area contributed by atoms with E-state index in [1.54, 1.807) is 7.11 Å². The number of rotatable bonds is 13. The maximum absolute atomic E-state index is 10.7. The molecule has 28 heavy (non-hydrogen) atoms. The van der Waals surface area contributed by atoms with Gasteiger partial charge in [-0.15, -0.1) is 0 Å². The van der Waals surface area contributed by atoms with Gasteiger partial charge < -0.3 is 25.0 Å². The zero-order valence-corrected chi connectivity index (χ0v) is 17.6. The molecule has 7 heteroatoms. The number of carboxylic acid groups (broad SMARTS) is 1. The summed E-state index contributed by atoms with van der Waals surface area (Å²) in [5.74, 6) is 0.280. The molecule has 7 nitrogen and oxygen atoms in total. The van der Waals surface area contributed by atoms with Gasteiger partial charge in [0, 0.05) is 44.9 Å². The first-order valence-electron chi connectivity index (χ1n) is 10.4. The summed E-state index contributed by atoms with van der Waals surface area (Å²) in [4.78, 5) is 20.2. The number of aromatic nitrogens is 1. The Morgan fingerprint density at radius 3 is 2.79 bits per heavy atom. The SMILES string of the molecule is COCCN(CCCCc1ccc2c(n1)NCCN2C(C)C)CCCC(=O)O. The number of hydrogen-bond acceptors (Lipinski definition) is 6. The van der Waals surface area contributed by atoms with Crippen LogP contribution in [-0.2, 0) is 16.0 Å². The minimum Gasteiger partial charge on any atom is -0.481 e. The van der Waals surface area contributed by atoms with Crippen molar-refractivity contribution in [2.75, 3.05) is 56.7 Å². The van der Waals surface area contributed by atoms with Gasteiger partial charge in [-0.2, -0.15) is 0 Å². The van der Waals surface area contributed by atoms with Crippen LogP contribution in [0.3, 0.4) is 0 Å². The van der Waals surface area contributed by atoms with Gasteiger partial charge in [-0.25, -0.2) is 4.98 Å². The molecule has 0 unspecified atom stereocenters. The molecule has 0 spiro atoms. The lowest BCUT2D eigenvalue weighted by Crippen LogP contribution is -2.39. The quantitative estimate of drug-likeness (QED) is 0.500. The number of unbranched alkanes of at least 4 members (excludes halogenated alkanes) is 1. The Bertz CT molecular complexity index is 609. The Kier molecular flexibility index (Phi) is 9.50. The van der Waals surface area contributed by atoms with Crippen LogP contribution >= 0.6 is 0 Å². The molecular weight excluding hydrogens is 356 g/mol. The Labute approximate surface area is 169 Å². The van der Waals surface area contributed by atoms with Crippen molar-refractivity contribution in [2.45, 2.75) is 52.0 Å². The summed E-state index contributed by atoms with van der Waals surface area (Å²) < 4.78 is 5.17. The highest BCUT2D eigenvalue weighted by Crippen LogP contribution is 2.29. The van der Waals surface area contributed by atoms with Gasteiger partial charge in [0.2, 0.25) is 0 Å². The van der Waals surface area contributed by atoms with E-state index in [1.165, 1.54) is 5.69 Å². The fraction of sp³-hybridized carbons (Fsp3) is 0.714. The van der Waals surface area contributed by atoms with Crippen molar-refractivity contribution in [3.05, 3.63) is 17.8 Å². The summed E-state index contributed by atoms with van der Waals surface area (Å²) in [6.45, 7) is 9.69. The number of aryl methyl sites for hydroxylation is 1. The number of nitrogens with zero attached hydrogens (tertiary/aromatic N) is 3. The van der Waals surface area contributed by atoms with Crippen LogP contribution in [0.15, 0.2) is 12.1 Å². The summed E-state index contributed by atoms with van der Waals surface area (Å²) in [6.07, 6.45) is 4.01. The Balaban J connectivity index is 1.79. The van der Waals surface area contributed by atoms with Gasteiger partial charge in [0.05, 0.1) is 12.3 Å². The minimum absolute atomic E-state index is 0.225. The second-order valence-corrected chi connectivity index (χ2v) is 7.67. The highest BCUT2D eigenvalue weighted by Gasteiger charge is 2.20. The maximum Gasteiger partial charge on any atom is 0.303 e. The molecule has 158 valence electrons. The summed E-state index contributed by atoms with van der Waals surface area (Å²) >= 11 is 0. The molecule has 2 rings (SSSR count). The molecule has 1 aromatic heterocycles. The lowest BCUT2D eigenvalue weighted by molar-refractivity contribution is -0.137. The van der Waals surface area contributed by atoms with Gasteiger partial charge in [0.1, 0.15) is 5.82 Å². The van der Waals surface area contributed by atoms with Crippen molar-refractivity contribution < 1.29 is 14.6 Å². The number of methoxy groups -OCH3 is 1. The standard InChI is InChI=1S/C21H36N4O3/c1-17(2)25-14-11-22-21-19(25)10-9-18(23-21)7-4-5-12-24(15-16-28-3)13-6-8-20(26)27/h9-10,17H,4-8,11-16H2,1-3H3,(H,22,23)(H,26,27). The lowest BCUT2D eigenvalue weighted by atomic mass is 10.1. The molecule has 0 fully saturated rings. The smallest absolute Gasteiger partial charge is 0.303 e. The molecule has 0 saturated heterocycles. The third-order valence-corrected chi connectivity index (χ3v) is 5.14. The highest BCUT2D eigenvalue weighted by molar-refractivity contribution is 5.68. The monoisotopic (exact) mass is 392 g/mol. The average Bonchev–Trinajstić information content (AvgIpc) is 2.67. The number of carbonyl (C=O) groups is 1. The predicted octanol–water partition coefficient (Wildman–Crippen LogP) is 2.86. The second-order valence-electron chi connectivity index (χ2n) is 7.67. The minimum atomic E-state index is -0.727. The molecule has 1 aliphatic rings. The summed E-state index contributed by atoms with van der Waals surface area (Å²) in [6, 6.07) is 4.82. The van der Waals surface area contributed by atoms with Crippen molar-refractivity contribution in [3.8, 4) is 0 Å². The number of carboxylic acids is 1. The molecule has 0 saturated carbocycles. The molecule has 1 aliphatic heterocycles. The van der Waals surface area contributed by atoms with Crippen LogP contribution in [0.5, 0.6) is 0 Å². The maximum atomic E-state index is 10.7. The third-order valence-electron chi connectivity index (χ3n) is 5.14. The highest BCUT2D eigenvalue weighted by atomic mass is 16.5. The first kappa shape index (κ1) is 22.4. The van der Waals surface area contributed by atoms with Crippen LogP contribution in [0.25, 0.3) is 0 Å². The van der Waals surface area contributed by atoms with Crippen LogP contribution in [0, 0.1) is 0 Å². The molecule has 2 N–H and O–H groups in total. The number of pyridine rings is 1. The summed E-state index contributed by atoms with van der Waals surface area (Å²) in [7, 11) is 1.70. The van der Waals surface area contributed by atoms with E-state index in [9.17, 15) is 4.79 Å². The van der Waals surface area contributed by atoms with Crippen LogP contribution in [-0.4, -0.2) is 73.4 Å². The normalized spacial score (nSPS) is 13.7. The Morgan fingerprint density at radius 2 is 2.07 bits per heavy atom. The molecule has 0 aromatic carbocycles. The largest absolute Gasteiger partial charge is 0.481 e. The van der Waals surface area contributed by atoms with E-state index in [1.807, 2.05) is 0 Å². The molecule has 0 amide bonds. The number of nitrogens with one attached hydrogen (secondary N) is 1. The van der Waals surface area contributed by atoms with Gasteiger partial charge in [-0.05, 0) is 64.8 Å². The number of hydrogen-bond donors (Lipinski definition) is 2. The van der Waals surface area contributed by atoms with E-state index in [0.29, 0.717) is 19.1 Å². The van der Waals surface area contributed by atoms with E-state index < -0.39 is 5.97 Å². The van der Waals surface area contributed by atoms with Gasteiger partial charge in [0.25, 0.3) is 0 Å². The second kappa shape index (κ2) is 11.9. The van der Waals surface area contributed by atoms with Gasteiger partial charge in [0.15, 0.2) is 0 Å². The average molecular weight is 393 g/mol. The predicted molar refractivity (Wildman–Crippen MR) is 113 cm³/mol. The summed E-state index contributed by atoms with van der Waals surface area (Å²) in [5.41, 5.74) is 2.33. The van der Waals surface area contributed by atoms with Gasteiger partial charge >= 0.3 is 5.97 Å². The van der Waals surface area contributed by atoms with E-state index in [2.05, 4.69) is 41.1 Å². The lowest BCUT2D eigenvalue weighted by Gasteiger charge is -2.34. The van der Waals surface area contributed by atoms with Crippen LogP contribution in [0.4, 0.5) is 11.5 Å². The summed E-state index contributed by atoms with van der Waals surface area (Å²) in [5, 5.41) is 12.2. The zero-order chi connectivity index (χ0) is 20.4. The van der Waals surface area contributed by atoms with Crippen molar-refractivity contribution in [3.63, 3.8) is 0 Å². The number of aliphatic carboxylic acids is 1. The van der Waals surface area contributed by atoms with Crippen molar-refractivity contribution in [1.82, 2.24) is 9.88 Å². The van der Waals surface area contributed by atoms with Crippen molar-refractivity contribution in [1.29, 1.82) is 0 Å². The van der Waals surface area contributed by atoms with E-state index >= 15 is 0 Å². The molecule has 1 aromatic rings. The van der Waals surface area contributed by atoms with Crippen molar-refractivity contribution >= 4 is 17.5 Å². The zero-order valence-electron chi connectivity index (χ0n) is 17.6. The molecule has 0 aliphatic carbocycles. The van der Waals surface area contributed by atoms with Gasteiger partial charge in [-0.1, -0.05) is 0 Å². The topological polar surface area (TPSA) is 77.9 Å². The molecule has 2 heterocycles. The number of anilines is 2. The number of ether oxygens (including phenoxy) is 1. The fourth-order valence-electron chi connectivity index (χ4n) is 3.60. The molecule has 0 bridgehead atoms. The van der Waals surface area contributed by atoms with Crippen LogP contribution < -0.4 is 10.2 Å². The Morgan fingerprint density at radius 1 is 1.29 bits per heavy atom. The van der Waals surface area contributed by atoms with E-state index in [0.717, 1.165) is 63.5 Å². The third kappa shape index (κ3) is 7.28. The Hall–Kier alpha value is -1.86. The van der Waals surface area contributed by atoms with Crippen molar-refractivity contribution in [2.24, 2.45) is 0 Å². The van der Waals surface area contributed by atoms with E-state index in [4.69, 9.17) is 14.8 Å². The first-order chi connectivity index (χ1) is 13.5. The number of fused-ring (bicyclic) bond motifs is 1. The van der Waals surface area contributed by atoms with E-state index in [-0.39, 0.29) is 6.42 Å². The van der Waals surface area contributed by atoms with Gasteiger partial charge in [-0.3, -0.25) is 4.79 Å².